The summed E-state index contributed by atoms with van der Waals surface area (Å²) in [5.41, 5.74) is 0.288. The second-order valence-electron chi connectivity index (χ2n) is 5.67. The van der Waals surface area contributed by atoms with Crippen molar-refractivity contribution < 1.29 is 19.2 Å². The zero-order chi connectivity index (χ0) is 18.2. The number of piperidine rings is 1. The Morgan fingerprint density at radius 2 is 1.96 bits per heavy atom. The molecule has 8 heteroatoms. The molecule has 1 atom stereocenters. The molecule has 3 amide bonds. The first-order chi connectivity index (χ1) is 12.0. The Kier molecular flexibility index (Phi) is 6.94. The lowest BCUT2D eigenvalue weighted by atomic mass is 10.0. The van der Waals surface area contributed by atoms with Gasteiger partial charge in [0, 0.05) is 6.54 Å². The Morgan fingerprint density at radius 1 is 1.20 bits per heavy atom. The minimum absolute atomic E-state index is 0.0827. The van der Waals surface area contributed by atoms with E-state index in [4.69, 9.17) is 11.6 Å². The first-order valence-corrected chi connectivity index (χ1v) is 8.46. The average molecular weight is 366 g/mol. The van der Waals surface area contributed by atoms with E-state index in [9.17, 15) is 19.2 Å². The van der Waals surface area contributed by atoms with Crippen LogP contribution in [0.1, 0.15) is 29.6 Å². The maximum atomic E-state index is 12.4. The monoisotopic (exact) mass is 365 g/mol. The van der Waals surface area contributed by atoms with E-state index in [-0.39, 0.29) is 30.5 Å². The molecule has 2 rings (SSSR count). The Balaban J connectivity index is 1.95. The molecule has 2 N–H and O–H groups in total. The van der Waals surface area contributed by atoms with Crippen LogP contribution >= 0.6 is 11.6 Å². The fraction of sp³-hybridized carbons (Fsp3) is 0.412. The van der Waals surface area contributed by atoms with Gasteiger partial charge in [-0.2, -0.15) is 0 Å². The van der Waals surface area contributed by atoms with Gasteiger partial charge in [-0.1, -0.05) is 23.7 Å². The van der Waals surface area contributed by atoms with Gasteiger partial charge in [0.1, 0.15) is 12.3 Å². The zero-order valence-corrected chi connectivity index (χ0v) is 14.4. The highest BCUT2D eigenvalue weighted by Gasteiger charge is 2.31. The molecule has 0 aromatic heterocycles. The highest BCUT2D eigenvalue weighted by Crippen LogP contribution is 2.18. The van der Waals surface area contributed by atoms with E-state index in [0.29, 0.717) is 24.3 Å². The van der Waals surface area contributed by atoms with Gasteiger partial charge in [-0.25, -0.2) is 0 Å². The van der Waals surface area contributed by atoms with Crippen molar-refractivity contribution >= 4 is 35.6 Å². The quantitative estimate of drug-likeness (QED) is 0.728. The van der Waals surface area contributed by atoms with E-state index in [1.807, 2.05) is 0 Å². The number of halogens is 1. The maximum absolute atomic E-state index is 12.4. The number of rotatable bonds is 6. The molecular weight excluding hydrogens is 346 g/mol. The lowest BCUT2D eigenvalue weighted by Gasteiger charge is -2.34. The van der Waals surface area contributed by atoms with E-state index >= 15 is 0 Å². The molecule has 1 saturated heterocycles. The molecule has 0 radical (unpaired) electrons. The number of carbonyl (C=O) groups excluding carboxylic acids is 4. The molecule has 0 bridgehead atoms. The fourth-order valence-corrected chi connectivity index (χ4v) is 2.98. The van der Waals surface area contributed by atoms with Gasteiger partial charge in [0.05, 0.1) is 23.7 Å². The number of hydrogen-bond donors (Lipinski definition) is 2. The molecule has 0 unspecified atom stereocenters. The van der Waals surface area contributed by atoms with Gasteiger partial charge in [-0.05, 0) is 31.4 Å². The van der Waals surface area contributed by atoms with Crippen LogP contribution in [0, 0.1) is 0 Å². The third-order valence-corrected chi connectivity index (χ3v) is 4.33. The molecule has 1 aliphatic rings. The van der Waals surface area contributed by atoms with Crippen molar-refractivity contribution in [3.8, 4) is 0 Å². The topological polar surface area (TPSA) is 95.6 Å². The molecule has 1 fully saturated rings. The molecule has 0 aliphatic carbocycles. The third kappa shape index (κ3) is 5.03. The molecule has 1 heterocycles. The minimum Gasteiger partial charge on any atom is -0.348 e. The molecule has 0 saturated carbocycles. The Bertz CT molecular complexity index is 665. The molecule has 25 heavy (non-hydrogen) atoms. The molecule has 134 valence electrons. The minimum atomic E-state index is -0.613. The number of likely N-dealkylation sites (tertiary alicyclic amines) is 1. The first kappa shape index (κ1) is 18.9. The number of amides is 3. The summed E-state index contributed by atoms with van der Waals surface area (Å²) in [6.07, 6.45) is 2.75. The number of hydrogen-bond acceptors (Lipinski definition) is 4. The van der Waals surface area contributed by atoms with E-state index in [1.165, 1.54) is 4.90 Å². The van der Waals surface area contributed by atoms with Gasteiger partial charge in [-0.3, -0.25) is 14.4 Å². The smallest absolute Gasteiger partial charge is 0.253 e. The van der Waals surface area contributed by atoms with Crippen molar-refractivity contribution in [3.05, 3.63) is 34.9 Å². The van der Waals surface area contributed by atoms with Crippen LogP contribution in [0.15, 0.2) is 24.3 Å². The zero-order valence-electron chi connectivity index (χ0n) is 13.7. The Morgan fingerprint density at radius 3 is 2.68 bits per heavy atom. The lowest BCUT2D eigenvalue weighted by Crippen LogP contribution is -2.54. The van der Waals surface area contributed by atoms with Crippen LogP contribution in [0.5, 0.6) is 0 Å². The lowest BCUT2D eigenvalue weighted by molar-refractivity contribution is -0.141. The second-order valence-corrected chi connectivity index (χ2v) is 6.08. The van der Waals surface area contributed by atoms with E-state index in [2.05, 4.69) is 10.6 Å². The van der Waals surface area contributed by atoms with Crippen LogP contribution in [0.3, 0.4) is 0 Å². The summed E-state index contributed by atoms with van der Waals surface area (Å²) in [5, 5.41) is 5.32. The normalized spacial score (nSPS) is 16.8. The maximum Gasteiger partial charge on any atom is 0.253 e. The molecular formula is C17H20ClN3O4. The van der Waals surface area contributed by atoms with Gasteiger partial charge in [0.15, 0.2) is 0 Å². The number of aldehydes is 1. The van der Waals surface area contributed by atoms with E-state index in [1.54, 1.807) is 24.3 Å². The van der Waals surface area contributed by atoms with E-state index < -0.39 is 11.9 Å². The summed E-state index contributed by atoms with van der Waals surface area (Å²) in [5.74, 6) is -1.14. The van der Waals surface area contributed by atoms with Gasteiger partial charge >= 0.3 is 0 Å². The molecule has 1 aliphatic heterocycles. The number of carbonyl (C=O) groups is 4. The standard InChI is InChI=1S/C17H20ClN3O4/c18-13-6-2-1-5-12(13)16(24)20-11-15(23)21-9-4-3-7-14(21)17(25)19-8-10-22/h1-2,5-6,10,14H,3-4,7-9,11H2,(H,19,25)(H,20,24)/t14-/m0/s1. The Labute approximate surface area is 150 Å². The molecule has 7 nitrogen and oxygen atoms in total. The van der Waals surface area contributed by atoms with Crippen LogP contribution in [-0.4, -0.2) is 54.6 Å². The third-order valence-electron chi connectivity index (χ3n) is 4.00. The van der Waals surface area contributed by atoms with Crippen molar-refractivity contribution in [2.24, 2.45) is 0 Å². The van der Waals surface area contributed by atoms with Gasteiger partial charge in [0.2, 0.25) is 11.8 Å². The summed E-state index contributed by atoms with van der Waals surface area (Å²) < 4.78 is 0. The predicted molar refractivity (Wildman–Crippen MR) is 92.2 cm³/mol. The van der Waals surface area contributed by atoms with Gasteiger partial charge < -0.3 is 20.3 Å². The molecule has 0 spiro atoms. The first-order valence-electron chi connectivity index (χ1n) is 8.08. The summed E-state index contributed by atoms with van der Waals surface area (Å²) >= 11 is 5.96. The fourth-order valence-electron chi connectivity index (χ4n) is 2.76. The van der Waals surface area contributed by atoms with Gasteiger partial charge in [-0.15, -0.1) is 0 Å². The number of nitrogens with one attached hydrogen (secondary N) is 2. The highest BCUT2D eigenvalue weighted by atomic mass is 35.5. The predicted octanol–water partition coefficient (Wildman–Crippen LogP) is 0.766. The van der Waals surface area contributed by atoms with Crippen molar-refractivity contribution in [2.75, 3.05) is 19.6 Å². The number of benzene rings is 1. The SMILES string of the molecule is O=CCNC(=O)[C@@H]1CCCCN1C(=O)CNC(=O)c1ccccc1Cl. The highest BCUT2D eigenvalue weighted by molar-refractivity contribution is 6.33. The van der Waals surface area contributed by atoms with Crippen LogP contribution in [-0.2, 0) is 14.4 Å². The van der Waals surface area contributed by atoms with Crippen LogP contribution < -0.4 is 10.6 Å². The van der Waals surface area contributed by atoms with E-state index in [0.717, 1.165) is 12.8 Å². The van der Waals surface area contributed by atoms with Crippen molar-refractivity contribution in [1.82, 2.24) is 15.5 Å². The number of nitrogens with zero attached hydrogens (tertiary/aromatic N) is 1. The van der Waals surface area contributed by atoms with Crippen molar-refractivity contribution in [1.29, 1.82) is 0 Å². The van der Waals surface area contributed by atoms with Crippen LogP contribution in [0.4, 0.5) is 0 Å². The second kappa shape index (κ2) is 9.17. The largest absolute Gasteiger partial charge is 0.348 e. The summed E-state index contributed by atoms with van der Waals surface area (Å²) in [4.78, 5) is 48.5. The summed E-state index contributed by atoms with van der Waals surface area (Å²) in [6, 6.07) is 5.94. The summed E-state index contributed by atoms with van der Waals surface area (Å²) in [7, 11) is 0. The van der Waals surface area contributed by atoms with Crippen molar-refractivity contribution in [2.45, 2.75) is 25.3 Å². The molecule has 1 aromatic carbocycles. The Hall–Kier alpha value is -2.41. The van der Waals surface area contributed by atoms with Crippen LogP contribution in [0.25, 0.3) is 0 Å². The van der Waals surface area contributed by atoms with Crippen molar-refractivity contribution in [3.63, 3.8) is 0 Å². The average Bonchev–Trinajstić information content (AvgIpc) is 2.64. The molecule has 1 aromatic rings. The van der Waals surface area contributed by atoms with Gasteiger partial charge in [0.25, 0.3) is 5.91 Å². The van der Waals surface area contributed by atoms with Crippen LogP contribution in [0.2, 0.25) is 5.02 Å². The summed E-state index contributed by atoms with van der Waals surface area (Å²) in [6.45, 7) is 0.141.